The Labute approximate surface area is 96.4 Å². The van der Waals surface area contributed by atoms with Gasteiger partial charge in [-0.15, -0.1) is 0 Å². The summed E-state index contributed by atoms with van der Waals surface area (Å²) in [6.45, 7) is 1.69. The molecule has 0 heterocycles. The number of methoxy groups -OCH3 is 1. The zero-order valence-electron chi connectivity index (χ0n) is 9.59. The molecule has 1 aromatic rings. The molecule has 3 heteroatoms. The lowest BCUT2D eigenvalue weighted by Gasteiger charge is -2.16. The van der Waals surface area contributed by atoms with Crippen molar-refractivity contribution in [1.29, 1.82) is 0 Å². The van der Waals surface area contributed by atoms with Crippen LogP contribution in [0.4, 0.5) is 0 Å². The molecule has 0 N–H and O–H groups in total. The highest BCUT2D eigenvalue weighted by Gasteiger charge is 2.10. The van der Waals surface area contributed by atoms with E-state index in [4.69, 9.17) is 9.47 Å². The molecule has 0 aromatic heterocycles. The van der Waals surface area contributed by atoms with Crippen molar-refractivity contribution in [1.82, 2.24) is 0 Å². The van der Waals surface area contributed by atoms with Crippen LogP contribution in [0.1, 0.15) is 24.3 Å². The van der Waals surface area contributed by atoms with Crippen LogP contribution in [0.5, 0.6) is 0 Å². The van der Waals surface area contributed by atoms with Gasteiger partial charge in [-0.1, -0.05) is 30.3 Å². The highest BCUT2D eigenvalue weighted by molar-refractivity contribution is 5.36. The quantitative estimate of drug-likeness (QED) is 0.500. The normalized spacial score (nSPS) is 12.1. The molecule has 0 bridgehead atoms. The highest BCUT2D eigenvalue weighted by atomic mass is 16.5. The summed E-state index contributed by atoms with van der Waals surface area (Å²) >= 11 is 0. The van der Waals surface area contributed by atoms with Crippen LogP contribution in [-0.4, -0.2) is 26.8 Å². The Hall–Kier alpha value is -1.35. The van der Waals surface area contributed by atoms with Crippen LogP contribution >= 0.6 is 0 Å². The van der Waals surface area contributed by atoms with E-state index >= 15 is 0 Å². The van der Waals surface area contributed by atoms with Crippen LogP contribution in [0.2, 0.25) is 0 Å². The van der Waals surface area contributed by atoms with E-state index in [2.05, 4.69) is 12.1 Å². The maximum Gasteiger partial charge on any atom is 0.293 e. The third kappa shape index (κ3) is 4.45. The summed E-state index contributed by atoms with van der Waals surface area (Å²) in [6.07, 6.45) is 1.79. The predicted molar refractivity (Wildman–Crippen MR) is 62.3 cm³/mol. The van der Waals surface area contributed by atoms with E-state index in [1.807, 2.05) is 18.2 Å². The first-order chi connectivity index (χ1) is 7.88. The van der Waals surface area contributed by atoms with Gasteiger partial charge in [-0.25, -0.2) is 0 Å². The summed E-state index contributed by atoms with van der Waals surface area (Å²) in [5.74, 6) is 0.390. The molecule has 0 aliphatic carbocycles. The number of rotatable bonds is 8. The number of carbonyl (C=O) groups excluding carboxylic acids is 1. The summed E-state index contributed by atoms with van der Waals surface area (Å²) in [5, 5.41) is 0. The first-order valence-electron chi connectivity index (χ1n) is 5.47. The summed E-state index contributed by atoms with van der Waals surface area (Å²) in [4.78, 5) is 10.1. The average molecular weight is 222 g/mol. The van der Waals surface area contributed by atoms with Crippen molar-refractivity contribution in [3.63, 3.8) is 0 Å². The van der Waals surface area contributed by atoms with Gasteiger partial charge in [-0.3, -0.25) is 4.79 Å². The van der Waals surface area contributed by atoms with Crippen LogP contribution in [0, 0.1) is 0 Å². The van der Waals surface area contributed by atoms with Gasteiger partial charge >= 0.3 is 0 Å². The van der Waals surface area contributed by atoms with E-state index in [9.17, 15) is 4.79 Å². The Morgan fingerprint density at radius 3 is 2.50 bits per heavy atom. The van der Waals surface area contributed by atoms with Crippen LogP contribution in [0.3, 0.4) is 0 Å². The topological polar surface area (TPSA) is 35.5 Å². The second-order valence-corrected chi connectivity index (χ2v) is 3.64. The third-order valence-electron chi connectivity index (χ3n) is 2.59. The summed E-state index contributed by atoms with van der Waals surface area (Å²) in [5.41, 5.74) is 1.27. The summed E-state index contributed by atoms with van der Waals surface area (Å²) < 4.78 is 9.83. The fourth-order valence-electron chi connectivity index (χ4n) is 1.72. The molecule has 0 amide bonds. The minimum Gasteiger partial charge on any atom is -0.468 e. The van der Waals surface area contributed by atoms with Crippen molar-refractivity contribution < 1.29 is 14.3 Å². The number of hydrogen-bond donors (Lipinski definition) is 0. The number of carbonyl (C=O) groups is 1. The fraction of sp³-hybridized carbons (Fsp3) is 0.462. The lowest BCUT2D eigenvalue weighted by molar-refractivity contribution is -0.128. The molecule has 1 unspecified atom stereocenters. The molecule has 16 heavy (non-hydrogen) atoms. The summed E-state index contributed by atoms with van der Waals surface area (Å²) in [6, 6.07) is 10.2. The molecule has 1 aromatic carbocycles. The molecule has 0 fully saturated rings. The molecule has 0 radical (unpaired) electrons. The van der Waals surface area contributed by atoms with Gasteiger partial charge in [0.05, 0.1) is 6.61 Å². The van der Waals surface area contributed by atoms with Gasteiger partial charge in [-0.05, 0) is 24.3 Å². The Kier molecular flexibility index (Phi) is 6.26. The van der Waals surface area contributed by atoms with Gasteiger partial charge in [0.25, 0.3) is 6.47 Å². The van der Waals surface area contributed by atoms with E-state index in [-0.39, 0.29) is 0 Å². The SMILES string of the molecule is COCCC(CCOC=O)c1ccccc1. The lowest BCUT2D eigenvalue weighted by Crippen LogP contribution is -2.06. The Balaban J connectivity index is 2.52. The van der Waals surface area contributed by atoms with E-state index in [0.717, 1.165) is 19.4 Å². The van der Waals surface area contributed by atoms with Gasteiger partial charge < -0.3 is 9.47 Å². The molecule has 0 spiro atoms. The first-order valence-corrected chi connectivity index (χ1v) is 5.47. The zero-order chi connectivity index (χ0) is 11.6. The number of hydrogen-bond acceptors (Lipinski definition) is 3. The third-order valence-corrected chi connectivity index (χ3v) is 2.59. The molecule has 1 rings (SSSR count). The van der Waals surface area contributed by atoms with Crippen molar-refractivity contribution in [3.05, 3.63) is 35.9 Å². The number of ether oxygens (including phenoxy) is 2. The molecular formula is C13H18O3. The smallest absolute Gasteiger partial charge is 0.293 e. The molecule has 0 saturated heterocycles. The molecule has 1 atom stereocenters. The first kappa shape index (κ1) is 12.7. The van der Waals surface area contributed by atoms with Crippen molar-refractivity contribution in [3.8, 4) is 0 Å². The minimum absolute atomic E-state index is 0.390. The van der Waals surface area contributed by atoms with Gasteiger partial charge in [0.1, 0.15) is 0 Å². The van der Waals surface area contributed by atoms with Crippen LogP contribution in [0.25, 0.3) is 0 Å². The fourth-order valence-corrected chi connectivity index (χ4v) is 1.72. The molecular weight excluding hydrogens is 204 g/mol. The maximum atomic E-state index is 10.1. The van der Waals surface area contributed by atoms with E-state index in [1.165, 1.54) is 5.56 Å². The standard InChI is InChI=1S/C13H18O3/c1-15-9-7-13(8-10-16-11-14)12-5-3-2-4-6-12/h2-6,11,13H,7-10H2,1H3. The van der Waals surface area contributed by atoms with Crippen molar-refractivity contribution in [2.24, 2.45) is 0 Å². The molecule has 88 valence electrons. The molecule has 0 aliphatic rings. The van der Waals surface area contributed by atoms with Crippen LogP contribution in [0.15, 0.2) is 30.3 Å². The van der Waals surface area contributed by atoms with Gasteiger partial charge in [0, 0.05) is 13.7 Å². The highest BCUT2D eigenvalue weighted by Crippen LogP contribution is 2.23. The van der Waals surface area contributed by atoms with E-state index in [1.54, 1.807) is 7.11 Å². The molecule has 0 aliphatic heterocycles. The number of benzene rings is 1. The zero-order valence-corrected chi connectivity index (χ0v) is 9.59. The molecule has 0 saturated carbocycles. The van der Waals surface area contributed by atoms with Crippen LogP contribution < -0.4 is 0 Å². The van der Waals surface area contributed by atoms with Crippen LogP contribution in [-0.2, 0) is 14.3 Å². The molecule has 3 nitrogen and oxygen atoms in total. The minimum atomic E-state index is 0.390. The predicted octanol–water partition coefficient (Wildman–Crippen LogP) is 2.37. The Morgan fingerprint density at radius 2 is 1.88 bits per heavy atom. The second-order valence-electron chi connectivity index (χ2n) is 3.64. The van der Waals surface area contributed by atoms with Crippen molar-refractivity contribution >= 4 is 6.47 Å². The van der Waals surface area contributed by atoms with Gasteiger partial charge in [-0.2, -0.15) is 0 Å². The summed E-state index contributed by atoms with van der Waals surface area (Å²) in [7, 11) is 1.70. The largest absolute Gasteiger partial charge is 0.468 e. The monoisotopic (exact) mass is 222 g/mol. The second kappa shape index (κ2) is 7.88. The van der Waals surface area contributed by atoms with Gasteiger partial charge in [0.15, 0.2) is 0 Å². The van der Waals surface area contributed by atoms with Crippen molar-refractivity contribution in [2.45, 2.75) is 18.8 Å². The average Bonchev–Trinajstić information content (AvgIpc) is 2.35. The van der Waals surface area contributed by atoms with Gasteiger partial charge in [0.2, 0.25) is 0 Å². The lowest BCUT2D eigenvalue weighted by atomic mass is 9.93. The van der Waals surface area contributed by atoms with E-state index in [0.29, 0.717) is 19.0 Å². The maximum absolute atomic E-state index is 10.1. The Bertz CT molecular complexity index is 284. The Morgan fingerprint density at radius 1 is 1.19 bits per heavy atom. The van der Waals surface area contributed by atoms with E-state index < -0.39 is 0 Å². The van der Waals surface area contributed by atoms with Crippen molar-refractivity contribution in [2.75, 3.05) is 20.3 Å².